The number of aromatic nitrogens is 3. The van der Waals surface area contributed by atoms with Crippen LogP contribution in [0, 0.1) is 0 Å². The molecule has 0 aliphatic heterocycles. The highest BCUT2D eigenvalue weighted by atomic mass is 28.3. The van der Waals surface area contributed by atoms with Crippen LogP contribution in [0.5, 0.6) is 0 Å². The maximum absolute atomic E-state index is 12.0. The van der Waals surface area contributed by atoms with E-state index in [2.05, 4.69) is 30.0 Å². The predicted octanol–water partition coefficient (Wildman–Crippen LogP) is 1.99. The Balaban J connectivity index is 2.57. The molecule has 0 bridgehead atoms. The van der Waals surface area contributed by atoms with Crippen LogP contribution >= 0.6 is 0 Å². The quantitative estimate of drug-likeness (QED) is 0.638. The molecular formula is C14H19N3O2Si. The lowest BCUT2D eigenvalue weighted by molar-refractivity contribution is 0.0521. The summed E-state index contributed by atoms with van der Waals surface area (Å²) < 4.78 is 6.84. The zero-order valence-corrected chi connectivity index (χ0v) is 13.3. The highest BCUT2D eigenvalue weighted by Crippen LogP contribution is 2.11. The highest BCUT2D eigenvalue weighted by molar-refractivity contribution is 6.88. The topological polar surface area (TPSA) is 57.0 Å². The third-order valence-electron chi connectivity index (χ3n) is 2.85. The second kappa shape index (κ2) is 5.58. The fourth-order valence-corrected chi connectivity index (χ4v) is 3.71. The van der Waals surface area contributed by atoms with E-state index in [4.69, 9.17) is 4.74 Å². The molecule has 0 amide bonds. The zero-order chi connectivity index (χ0) is 14.8. The Morgan fingerprint density at radius 3 is 2.45 bits per heavy atom. The van der Waals surface area contributed by atoms with Gasteiger partial charge in [-0.05, 0) is 19.1 Å². The van der Waals surface area contributed by atoms with Crippen molar-refractivity contribution in [1.82, 2.24) is 15.0 Å². The van der Waals surface area contributed by atoms with Gasteiger partial charge in [0.05, 0.1) is 17.6 Å². The number of benzene rings is 1. The number of nitrogens with zero attached hydrogens (tertiary/aromatic N) is 3. The van der Waals surface area contributed by atoms with Gasteiger partial charge in [0, 0.05) is 0 Å². The van der Waals surface area contributed by atoms with E-state index < -0.39 is 14.0 Å². The molecule has 0 radical (unpaired) electrons. The molecule has 2 rings (SSSR count). The summed E-state index contributed by atoms with van der Waals surface area (Å²) in [6.45, 7) is 8.60. The van der Waals surface area contributed by atoms with Gasteiger partial charge in [-0.1, -0.05) is 43.1 Å². The zero-order valence-electron chi connectivity index (χ0n) is 12.3. The molecule has 6 heteroatoms. The van der Waals surface area contributed by atoms with Crippen LogP contribution in [0.15, 0.2) is 30.3 Å². The van der Waals surface area contributed by atoms with Gasteiger partial charge in [-0.15, -0.1) is 5.10 Å². The molecular weight excluding hydrogens is 270 g/mol. The van der Waals surface area contributed by atoms with Crippen LogP contribution in [0.2, 0.25) is 19.6 Å². The Labute approximate surface area is 119 Å². The molecule has 0 fully saturated rings. The van der Waals surface area contributed by atoms with Crippen molar-refractivity contribution in [2.45, 2.75) is 26.6 Å². The molecule has 2 aromatic rings. The van der Waals surface area contributed by atoms with Crippen LogP contribution in [0.4, 0.5) is 0 Å². The molecule has 5 nitrogen and oxygen atoms in total. The largest absolute Gasteiger partial charge is 0.461 e. The van der Waals surface area contributed by atoms with Gasteiger partial charge in [0.15, 0.2) is 5.69 Å². The SMILES string of the molecule is CCOC(=O)c1nnn(-c2ccccc2)c1[Si](C)(C)C. The molecule has 0 atom stereocenters. The number of carbonyl (C=O) groups excluding carboxylic acids is 1. The third kappa shape index (κ3) is 2.80. The first-order chi connectivity index (χ1) is 9.45. The van der Waals surface area contributed by atoms with Crippen molar-refractivity contribution in [2.24, 2.45) is 0 Å². The number of carbonyl (C=O) groups is 1. The molecule has 0 N–H and O–H groups in total. The lowest BCUT2D eigenvalue weighted by Gasteiger charge is -2.18. The number of esters is 1. The molecule has 20 heavy (non-hydrogen) atoms. The van der Waals surface area contributed by atoms with Gasteiger partial charge in [0.2, 0.25) is 0 Å². The number of ether oxygens (including phenoxy) is 1. The normalized spacial score (nSPS) is 11.4. The fourth-order valence-electron chi connectivity index (χ4n) is 2.04. The summed E-state index contributed by atoms with van der Waals surface area (Å²) in [6.07, 6.45) is 0. The molecule has 0 unspecified atom stereocenters. The minimum absolute atomic E-state index is 0.335. The summed E-state index contributed by atoms with van der Waals surface area (Å²) in [4.78, 5) is 12.0. The lowest BCUT2D eigenvalue weighted by atomic mass is 10.3. The summed E-state index contributed by atoms with van der Waals surface area (Å²) in [7, 11) is -1.81. The highest BCUT2D eigenvalue weighted by Gasteiger charge is 2.31. The lowest BCUT2D eigenvalue weighted by Crippen LogP contribution is -2.45. The van der Waals surface area contributed by atoms with Gasteiger partial charge in [-0.25, -0.2) is 9.48 Å². The number of hydrogen-bond donors (Lipinski definition) is 0. The maximum Gasteiger partial charge on any atom is 0.360 e. The van der Waals surface area contributed by atoms with Crippen molar-refractivity contribution in [2.75, 3.05) is 6.61 Å². The van der Waals surface area contributed by atoms with Crippen LogP contribution in [-0.4, -0.2) is 35.6 Å². The van der Waals surface area contributed by atoms with E-state index in [1.54, 1.807) is 11.6 Å². The first kappa shape index (κ1) is 14.5. The summed E-state index contributed by atoms with van der Waals surface area (Å²) in [5.41, 5.74) is 1.25. The third-order valence-corrected chi connectivity index (χ3v) is 4.72. The monoisotopic (exact) mass is 289 g/mol. The first-order valence-corrected chi connectivity index (χ1v) is 10.1. The fraction of sp³-hybridized carbons (Fsp3) is 0.357. The molecule has 106 valence electrons. The second-order valence-electron chi connectivity index (χ2n) is 5.50. The van der Waals surface area contributed by atoms with Crippen molar-refractivity contribution < 1.29 is 9.53 Å². The van der Waals surface area contributed by atoms with Gasteiger partial charge >= 0.3 is 5.97 Å². The van der Waals surface area contributed by atoms with Gasteiger partial charge < -0.3 is 4.74 Å². The van der Waals surface area contributed by atoms with Gasteiger partial charge in [-0.2, -0.15) is 0 Å². The van der Waals surface area contributed by atoms with Crippen molar-refractivity contribution in [3.05, 3.63) is 36.0 Å². The van der Waals surface area contributed by atoms with Crippen molar-refractivity contribution >= 4 is 19.4 Å². The summed E-state index contributed by atoms with van der Waals surface area (Å²) in [5.74, 6) is -0.396. The van der Waals surface area contributed by atoms with Crippen LogP contribution < -0.4 is 5.32 Å². The Kier molecular flexibility index (Phi) is 4.03. The number of hydrogen-bond acceptors (Lipinski definition) is 4. The average molecular weight is 289 g/mol. The summed E-state index contributed by atoms with van der Waals surface area (Å²) >= 11 is 0. The predicted molar refractivity (Wildman–Crippen MR) is 80.3 cm³/mol. The minimum Gasteiger partial charge on any atom is -0.461 e. The van der Waals surface area contributed by atoms with Crippen LogP contribution in [-0.2, 0) is 4.74 Å². The molecule has 1 aromatic carbocycles. The number of rotatable bonds is 4. The molecule has 0 spiro atoms. The Morgan fingerprint density at radius 1 is 1.25 bits per heavy atom. The smallest absolute Gasteiger partial charge is 0.360 e. The Hall–Kier alpha value is -1.95. The van der Waals surface area contributed by atoms with E-state index in [-0.39, 0.29) is 0 Å². The molecule has 0 aliphatic carbocycles. The van der Waals surface area contributed by atoms with Crippen molar-refractivity contribution in [3.8, 4) is 5.69 Å². The van der Waals surface area contributed by atoms with E-state index in [1.165, 1.54) is 0 Å². The average Bonchev–Trinajstić information content (AvgIpc) is 2.84. The number of para-hydroxylation sites is 1. The summed E-state index contributed by atoms with van der Waals surface area (Å²) in [5, 5.41) is 9.10. The van der Waals surface area contributed by atoms with E-state index in [1.807, 2.05) is 30.3 Å². The second-order valence-corrected chi connectivity index (χ2v) is 10.5. The Bertz CT molecular complexity index is 603. The van der Waals surface area contributed by atoms with Crippen molar-refractivity contribution in [1.29, 1.82) is 0 Å². The van der Waals surface area contributed by atoms with Gasteiger partial charge in [0.1, 0.15) is 8.07 Å². The van der Waals surface area contributed by atoms with E-state index in [9.17, 15) is 4.79 Å². The maximum atomic E-state index is 12.0. The first-order valence-electron chi connectivity index (χ1n) is 6.64. The standard InChI is InChI=1S/C14H19N3O2Si/c1-5-19-14(18)12-13(20(2,3)4)17(16-15-12)11-9-7-6-8-10-11/h6-10H,5H2,1-4H3. The summed E-state index contributed by atoms with van der Waals surface area (Å²) in [6, 6.07) is 9.73. The molecule has 0 saturated heterocycles. The van der Waals surface area contributed by atoms with E-state index >= 15 is 0 Å². The van der Waals surface area contributed by atoms with Gasteiger partial charge in [-0.3, -0.25) is 0 Å². The van der Waals surface area contributed by atoms with E-state index in [0.717, 1.165) is 11.0 Å². The van der Waals surface area contributed by atoms with Crippen LogP contribution in [0.25, 0.3) is 5.69 Å². The van der Waals surface area contributed by atoms with Gasteiger partial charge in [0.25, 0.3) is 0 Å². The Morgan fingerprint density at radius 2 is 1.90 bits per heavy atom. The van der Waals surface area contributed by atoms with E-state index in [0.29, 0.717) is 12.3 Å². The molecule has 1 heterocycles. The molecule has 1 aromatic heterocycles. The molecule has 0 aliphatic rings. The van der Waals surface area contributed by atoms with Crippen molar-refractivity contribution in [3.63, 3.8) is 0 Å². The minimum atomic E-state index is -1.81. The molecule has 0 saturated carbocycles. The van der Waals surface area contributed by atoms with Crippen LogP contribution in [0.1, 0.15) is 17.4 Å². The van der Waals surface area contributed by atoms with Crippen LogP contribution in [0.3, 0.4) is 0 Å².